The molecule has 2 aromatic rings. The number of nitrogens with one attached hydrogen (secondary N) is 1. The molecular formula is C19H25N5O3. The van der Waals surface area contributed by atoms with Crippen LogP contribution in [0.1, 0.15) is 58.4 Å². The Labute approximate surface area is 157 Å². The van der Waals surface area contributed by atoms with Gasteiger partial charge in [-0.2, -0.15) is 5.10 Å². The number of piperidine rings is 1. The third-order valence-electron chi connectivity index (χ3n) is 5.57. The van der Waals surface area contributed by atoms with E-state index in [0.29, 0.717) is 31.0 Å². The number of aryl methyl sites for hydroxylation is 3. The molecule has 0 aromatic carbocycles. The van der Waals surface area contributed by atoms with Crippen LogP contribution in [-0.2, 0) is 17.8 Å². The maximum Gasteiger partial charge on any atom is 0.269 e. The lowest BCUT2D eigenvalue weighted by atomic mass is 9.94. The standard InChI is InChI=1S/C19H25N5O3/c1-12-15(13(2)27-22-12)9-18(25)23-7-3-5-14(11-23)16-10-17-19(26)20-6-4-8-24(17)21-16/h10,14H,3-9,11H2,1-2H3,(H,20,26). The summed E-state index contributed by atoms with van der Waals surface area (Å²) in [5.74, 6) is 0.902. The molecule has 1 fully saturated rings. The smallest absolute Gasteiger partial charge is 0.269 e. The third-order valence-corrected chi connectivity index (χ3v) is 5.57. The maximum atomic E-state index is 12.8. The molecule has 4 heterocycles. The van der Waals surface area contributed by atoms with Gasteiger partial charge in [-0.05, 0) is 39.2 Å². The number of likely N-dealkylation sites (tertiary alicyclic amines) is 1. The van der Waals surface area contributed by atoms with Crippen LogP contribution in [0.3, 0.4) is 0 Å². The Morgan fingerprint density at radius 2 is 2.19 bits per heavy atom. The minimum Gasteiger partial charge on any atom is -0.361 e. The van der Waals surface area contributed by atoms with Gasteiger partial charge in [0.25, 0.3) is 5.91 Å². The summed E-state index contributed by atoms with van der Waals surface area (Å²) in [6.07, 6.45) is 3.11. The quantitative estimate of drug-likeness (QED) is 0.884. The van der Waals surface area contributed by atoms with Gasteiger partial charge in [0.05, 0.1) is 17.8 Å². The summed E-state index contributed by atoms with van der Waals surface area (Å²) < 4.78 is 6.98. The van der Waals surface area contributed by atoms with Crippen LogP contribution in [-0.4, -0.2) is 51.3 Å². The summed E-state index contributed by atoms with van der Waals surface area (Å²) in [5.41, 5.74) is 3.20. The number of rotatable bonds is 3. The Hall–Kier alpha value is -2.64. The van der Waals surface area contributed by atoms with Crippen molar-refractivity contribution in [2.45, 2.75) is 52.0 Å². The molecule has 0 spiro atoms. The second-order valence-electron chi connectivity index (χ2n) is 7.45. The van der Waals surface area contributed by atoms with Crippen LogP contribution in [0.25, 0.3) is 0 Å². The summed E-state index contributed by atoms with van der Waals surface area (Å²) in [7, 11) is 0. The molecule has 2 amide bonds. The van der Waals surface area contributed by atoms with Gasteiger partial charge in [-0.15, -0.1) is 0 Å². The zero-order valence-electron chi connectivity index (χ0n) is 15.8. The normalized spacial score (nSPS) is 20.1. The number of carbonyl (C=O) groups is 2. The predicted molar refractivity (Wildman–Crippen MR) is 97.4 cm³/mol. The first-order valence-electron chi connectivity index (χ1n) is 9.58. The van der Waals surface area contributed by atoms with Gasteiger partial charge < -0.3 is 14.7 Å². The third kappa shape index (κ3) is 3.48. The lowest BCUT2D eigenvalue weighted by Crippen LogP contribution is -2.40. The molecule has 0 bridgehead atoms. The fraction of sp³-hybridized carbons (Fsp3) is 0.579. The summed E-state index contributed by atoms with van der Waals surface area (Å²) in [5, 5.41) is 11.5. The van der Waals surface area contributed by atoms with Gasteiger partial charge in [0, 0.05) is 37.7 Å². The van der Waals surface area contributed by atoms with Gasteiger partial charge in [0.1, 0.15) is 11.5 Å². The number of hydrogen-bond donors (Lipinski definition) is 1. The first-order valence-corrected chi connectivity index (χ1v) is 9.58. The molecule has 2 aliphatic rings. The van der Waals surface area contributed by atoms with E-state index in [0.717, 1.165) is 49.3 Å². The maximum absolute atomic E-state index is 12.8. The van der Waals surface area contributed by atoms with E-state index < -0.39 is 0 Å². The monoisotopic (exact) mass is 371 g/mol. The predicted octanol–water partition coefficient (Wildman–Crippen LogP) is 1.57. The van der Waals surface area contributed by atoms with Gasteiger partial charge in [-0.3, -0.25) is 14.3 Å². The van der Waals surface area contributed by atoms with Gasteiger partial charge >= 0.3 is 0 Å². The largest absolute Gasteiger partial charge is 0.361 e. The van der Waals surface area contributed by atoms with Crippen molar-refractivity contribution in [1.82, 2.24) is 25.2 Å². The van der Waals surface area contributed by atoms with Gasteiger partial charge in [0.15, 0.2) is 0 Å². The van der Waals surface area contributed by atoms with E-state index in [4.69, 9.17) is 4.52 Å². The number of fused-ring (bicyclic) bond motifs is 1. The second kappa shape index (κ2) is 7.17. The van der Waals surface area contributed by atoms with Crippen molar-refractivity contribution in [3.8, 4) is 0 Å². The molecule has 0 saturated carbocycles. The van der Waals surface area contributed by atoms with E-state index >= 15 is 0 Å². The Morgan fingerprint density at radius 3 is 2.96 bits per heavy atom. The molecule has 144 valence electrons. The van der Waals surface area contributed by atoms with Crippen LogP contribution in [0.2, 0.25) is 0 Å². The zero-order valence-corrected chi connectivity index (χ0v) is 15.8. The summed E-state index contributed by atoms with van der Waals surface area (Å²) >= 11 is 0. The van der Waals surface area contributed by atoms with Crippen LogP contribution < -0.4 is 5.32 Å². The topological polar surface area (TPSA) is 93.3 Å². The van der Waals surface area contributed by atoms with Gasteiger partial charge in [-0.1, -0.05) is 5.16 Å². The molecule has 1 N–H and O–H groups in total. The first kappa shape index (κ1) is 17.8. The van der Waals surface area contributed by atoms with E-state index in [1.54, 1.807) is 0 Å². The molecule has 8 heteroatoms. The fourth-order valence-corrected chi connectivity index (χ4v) is 3.97. The average molecular weight is 371 g/mol. The number of amides is 2. The molecule has 1 unspecified atom stereocenters. The van der Waals surface area contributed by atoms with Crippen LogP contribution in [0, 0.1) is 13.8 Å². The van der Waals surface area contributed by atoms with Crippen molar-refractivity contribution >= 4 is 11.8 Å². The molecule has 1 saturated heterocycles. The minimum atomic E-state index is -0.0617. The lowest BCUT2D eigenvalue weighted by molar-refractivity contribution is -0.131. The van der Waals surface area contributed by atoms with Crippen LogP contribution in [0.15, 0.2) is 10.6 Å². The Morgan fingerprint density at radius 1 is 1.33 bits per heavy atom. The highest BCUT2D eigenvalue weighted by atomic mass is 16.5. The minimum absolute atomic E-state index is 0.0617. The number of nitrogens with zero attached hydrogens (tertiary/aromatic N) is 4. The molecule has 2 aromatic heterocycles. The van der Waals surface area contributed by atoms with E-state index in [1.165, 1.54) is 0 Å². The summed E-state index contributed by atoms with van der Waals surface area (Å²) in [6.45, 7) is 6.53. The highest BCUT2D eigenvalue weighted by molar-refractivity contribution is 5.92. The molecule has 4 rings (SSSR count). The van der Waals surface area contributed by atoms with Crippen molar-refractivity contribution in [2.24, 2.45) is 0 Å². The molecule has 0 radical (unpaired) electrons. The average Bonchev–Trinajstić information content (AvgIpc) is 3.19. The van der Waals surface area contributed by atoms with Crippen molar-refractivity contribution in [1.29, 1.82) is 0 Å². The number of hydrogen-bond acceptors (Lipinski definition) is 5. The fourth-order valence-electron chi connectivity index (χ4n) is 3.97. The van der Waals surface area contributed by atoms with E-state index in [-0.39, 0.29) is 17.7 Å². The van der Waals surface area contributed by atoms with Crippen molar-refractivity contribution in [2.75, 3.05) is 19.6 Å². The molecule has 2 aliphatic heterocycles. The molecule has 27 heavy (non-hydrogen) atoms. The second-order valence-corrected chi connectivity index (χ2v) is 7.45. The highest BCUT2D eigenvalue weighted by Crippen LogP contribution is 2.28. The molecular weight excluding hydrogens is 346 g/mol. The Balaban J connectivity index is 1.48. The Bertz CT molecular complexity index is 849. The van der Waals surface area contributed by atoms with Crippen molar-refractivity contribution < 1.29 is 14.1 Å². The van der Waals surface area contributed by atoms with E-state index in [1.807, 2.05) is 29.5 Å². The van der Waals surface area contributed by atoms with E-state index in [2.05, 4.69) is 15.6 Å². The highest BCUT2D eigenvalue weighted by Gasteiger charge is 2.29. The number of aromatic nitrogens is 3. The van der Waals surface area contributed by atoms with Crippen molar-refractivity contribution in [3.63, 3.8) is 0 Å². The molecule has 1 atom stereocenters. The van der Waals surface area contributed by atoms with Gasteiger partial charge in [-0.25, -0.2) is 0 Å². The van der Waals surface area contributed by atoms with Crippen LogP contribution >= 0.6 is 0 Å². The van der Waals surface area contributed by atoms with Gasteiger partial charge in [0.2, 0.25) is 5.91 Å². The summed E-state index contributed by atoms with van der Waals surface area (Å²) in [4.78, 5) is 26.9. The molecule has 0 aliphatic carbocycles. The first-order chi connectivity index (χ1) is 13.0. The molecule has 8 nitrogen and oxygen atoms in total. The van der Waals surface area contributed by atoms with Crippen LogP contribution in [0.5, 0.6) is 0 Å². The number of carbonyl (C=O) groups excluding carboxylic acids is 2. The zero-order chi connectivity index (χ0) is 19.0. The SMILES string of the molecule is Cc1noc(C)c1CC(=O)N1CCCC(c2cc3n(n2)CCCNC3=O)C1. The van der Waals surface area contributed by atoms with E-state index in [9.17, 15) is 9.59 Å². The van der Waals surface area contributed by atoms with Crippen LogP contribution in [0.4, 0.5) is 0 Å². The Kier molecular flexibility index (Phi) is 4.72. The lowest BCUT2D eigenvalue weighted by Gasteiger charge is -2.32. The van der Waals surface area contributed by atoms with Crippen molar-refractivity contribution in [3.05, 3.63) is 34.5 Å². The summed E-state index contributed by atoms with van der Waals surface area (Å²) in [6, 6.07) is 1.90.